The number of nitrogens with zero attached hydrogens (tertiary/aromatic N) is 5. The van der Waals surface area contributed by atoms with Gasteiger partial charge >= 0.3 is 0 Å². The summed E-state index contributed by atoms with van der Waals surface area (Å²) in [7, 11) is 1.55. The average molecular weight is 342 g/mol. The molecule has 0 bridgehead atoms. The van der Waals surface area contributed by atoms with Crippen molar-refractivity contribution < 1.29 is 9.13 Å². The van der Waals surface area contributed by atoms with E-state index in [2.05, 4.69) is 14.9 Å². The minimum atomic E-state index is -0.366. The first-order chi connectivity index (χ1) is 12.1. The van der Waals surface area contributed by atoms with Crippen LogP contribution in [0.3, 0.4) is 0 Å². The normalized spacial score (nSPS) is 15.0. The Kier molecular flexibility index (Phi) is 4.95. The summed E-state index contributed by atoms with van der Waals surface area (Å²) in [6.45, 7) is 3.44. The number of piperazine rings is 1. The van der Waals surface area contributed by atoms with Crippen molar-refractivity contribution in [3.63, 3.8) is 0 Å². The molecule has 25 heavy (non-hydrogen) atoms. The van der Waals surface area contributed by atoms with Crippen LogP contribution in [0.1, 0.15) is 11.1 Å². The number of rotatable bonds is 4. The zero-order valence-corrected chi connectivity index (χ0v) is 13.9. The van der Waals surface area contributed by atoms with Crippen LogP contribution in [0.2, 0.25) is 0 Å². The molecule has 2 aromatic rings. The van der Waals surface area contributed by atoms with Gasteiger partial charge < -0.3 is 15.4 Å². The monoisotopic (exact) mass is 342 g/mol. The molecule has 2 N–H and O–H groups in total. The van der Waals surface area contributed by atoms with Crippen LogP contribution in [-0.4, -0.2) is 48.2 Å². The summed E-state index contributed by atoms with van der Waals surface area (Å²) in [5.74, 6) is 0.523. The molecule has 0 spiro atoms. The first-order valence-corrected chi connectivity index (χ1v) is 7.92. The Morgan fingerprint density at radius 3 is 2.68 bits per heavy atom. The largest absolute Gasteiger partial charge is 0.481 e. The van der Waals surface area contributed by atoms with Gasteiger partial charge in [0.25, 0.3) is 0 Å². The lowest BCUT2D eigenvalue weighted by molar-refractivity contribution is 0.244. The van der Waals surface area contributed by atoms with Gasteiger partial charge in [0.1, 0.15) is 18.0 Å². The minimum absolute atomic E-state index is 0.325. The fourth-order valence-corrected chi connectivity index (χ4v) is 2.94. The Morgan fingerprint density at radius 1 is 1.28 bits per heavy atom. The minimum Gasteiger partial charge on any atom is -0.481 e. The molecule has 1 fully saturated rings. The van der Waals surface area contributed by atoms with Gasteiger partial charge in [-0.25, -0.2) is 14.4 Å². The molecule has 0 unspecified atom stereocenters. The van der Waals surface area contributed by atoms with Crippen LogP contribution in [-0.2, 0) is 6.54 Å². The summed E-state index contributed by atoms with van der Waals surface area (Å²) in [5.41, 5.74) is 7.55. The lowest BCUT2D eigenvalue weighted by atomic mass is 10.1. The Labute approximate surface area is 145 Å². The number of benzene rings is 1. The van der Waals surface area contributed by atoms with E-state index in [9.17, 15) is 4.39 Å². The molecular formula is C17H19FN6O. The summed E-state index contributed by atoms with van der Waals surface area (Å²) < 4.78 is 19.4. The lowest BCUT2D eigenvalue weighted by Gasteiger charge is -2.36. The van der Waals surface area contributed by atoms with Crippen molar-refractivity contribution in [2.45, 2.75) is 6.54 Å². The highest BCUT2D eigenvalue weighted by atomic mass is 19.1. The van der Waals surface area contributed by atoms with Crippen LogP contribution in [0, 0.1) is 17.1 Å². The quantitative estimate of drug-likeness (QED) is 0.898. The van der Waals surface area contributed by atoms with E-state index < -0.39 is 0 Å². The maximum absolute atomic E-state index is 14.2. The van der Waals surface area contributed by atoms with Crippen molar-refractivity contribution in [3.05, 3.63) is 41.5 Å². The molecule has 7 nitrogen and oxygen atoms in total. The van der Waals surface area contributed by atoms with Gasteiger partial charge in [-0.05, 0) is 18.2 Å². The van der Waals surface area contributed by atoms with Crippen LogP contribution in [0.4, 0.5) is 15.9 Å². The van der Waals surface area contributed by atoms with Crippen molar-refractivity contribution in [1.29, 1.82) is 5.26 Å². The van der Waals surface area contributed by atoms with Gasteiger partial charge in [-0.15, -0.1) is 0 Å². The molecule has 0 amide bonds. The third-order valence-electron chi connectivity index (χ3n) is 4.30. The van der Waals surface area contributed by atoms with Gasteiger partial charge in [0, 0.05) is 32.7 Å². The van der Waals surface area contributed by atoms with E-state index in [1.54, 1.807) is 19.2 Å². The summed E-state index contributed by atoms with van der Waals surface area (Å²) in [4.78, 5) is 12.3. The van der Waals surface area contributed by atoms with Crippen molar-refractivity contribution in [1.82, 2.24) is 14.9 Å². The SMILES string of the molecule is COc1ncnc(N)c1CN1CCN(c2ccc(C#N)cc2F)CC1. The fraction of sp³-hybridized carbons (Fsp3) is 0.353. The number of nitrogen functional groups attached to an aromatic ring is 1. The fourth-order valence-electron chi connectivity index (χ4n) is 2.94. The highest BCUT2D eigenvalue weighted by Gasteiger charge is 2.22. The molecule has 0 radical (unpaired) electrons. The van der Waals surface area contributed by atoms with E-state index in [-0.39, 0.29) is 5.82 Å². The van der Waals surface area contributed by atoms with Crippen molar-refractivity contribution in [3.8, 4) is 11.9 Å². The van der Waals surface area contributed by atoms with Gasteiger partial charge in [-0.1, -0.05) is 0 Å². The number of aromatic nitrogens is 2. The van der Waals surface area contributed by atoms with E-state index >= 15 is 0 Å². The molecule has 0 atom stereocenters. The third-order valence-corrected chi connectivity index (χ3v) is 4.30. The number of methoxy groups -OCH3 is 1. The zero-order valence-electron chi connectivity index (χ0n) is 13.9. The number of hydrogen-bond donors (Lipinski definition) is 1. The van der Waals surface area contributed by atoms with E-state index in [0.717, 1.165) is 18.7 Å². The van der Waals surface area contributed by atoms with Crippen LogP contribution in [0.5, 0.6) is 5.88 Å². The molecule has 130 valence electrons. The summed E-state index contributed by atoms with van der Waals surface area (Å²) >= 11 is 0. The third kappa shape index (κ3) is 3.61. The topological polar surface area (TPSA) is 91.3 Å². The van der Waals surface area contributed by atoms with Crippen molar-refractivity contribution in [2.75, 3.05) is 43.9 Å². The van der Waals surface area contributed by atoms with Gasteiger partial charge in [0.15, 0.2) is 0 Å². The molecular weight excluding hydrogens is 323 g/mol. The second kappa shape index (κ2) is 7.32. The molecule has 1 aromatic carbocycles. The average Bonchev–Trinajstić information content (AvgIpc) is 2.64. The van der Waals surface area contributed by atoms with Crippen molar-refractivity contribution >= 4 is 11.5 Å². The second-order valence-corrected chi connectivity index (χ2v) is 5.79. The number of ether oxygens (including phenoxy) is 1. The Morgan fingerprint density at radius 2 is 2.04 bits per heavy atom. The Hall–Kier alpha value is -2.92. The van der Waals surface area contributed by atoms with Gasteiger partial charge in [-0.2, -0.15) is 5.26 Å². The van der Waals surface area contributed by atoms with E-state index in [4.69, 9.17) is 15.7 Å². The highest BCUT2D eigenvalue weighted by molar-refractivity contribution is 5.51. The molecule has 0 aliphatic carbocycles. The number of hydrogen-bond acceptors (Lipinski definition) is 7. The van der Waals surface area contributed by atoms with Gasteiger partial charge in [-0.3, -0.25) is 4.90 Å². The predicted octanol–water partition coefficient (Wildman–Crippen LogP) is 1.40. The van der Waals surface area contributed by atoms with Gasteiger partial charge in [0.05, 0.1) is 30.0 Å². The standard InChI is InChI=1S/C17H19FN6O/c1-25-17-13(16(20)21-11-22-17)10-23-4-6-24(7-5-23)15-3-2-12(9-19)8-14(15)18/h2-3,8,11H,4-7,10H2,1H3,(H2,20,21,22). The zero-order chi connectivity index (χ0) is 17.8. The molecule has 1 aromatic heterocycles. The van der Waals surface area contributed by atoms with E-state index in [0.29, 0.717) is 42.6 Å². The number of halogens is 1. The van der Waals surface area contributed by atoms with Crippen LogP contribution >= 0.6 is 0 Å². The van der Waals surface area contributed by atoms with Crippen LogP contribution in [0.25, 0.3) is 0 Å². The molecule has 2 heterocycles. The lowest BCUT2D eigenvalue weighted by Crippen LogP contribution is -2.46. The Balaban J connectivity index is 1.66. The Bertz CT molecular complexity index is 798. The van der Waals surface area contributed by atoms with E-state index in [1.165, 1.54) is 12.4 Å². The first-order valence-electron chi connectivity index (χ1n) is 7.92. The molecule has 1 saturated heterocycles. The maximum atomic E-state index is 14.2. The predicted molar refractivity (Wildman–Crippen MR) is 91.6 cm³/mol. The number of nitrogens with two attached hydrogens (primary N) is 1. The maximum Gasteiger partial charge on any atom is 0.222 e. The number of anilines is 2. The van der Waals surface area contributed by atoms with Crippen LogP contribution < -0.4 is 15.4 Å². The van der Waals surface area contributed by atoms with Crippen LogP contribution in [0.15, 0.2) is 24.5 Å². The second-order valence-electron chi connectivity index (χ2n) is 5.79. The van der Waals surface area contributed by atoms with Crippen molar-refractivity contribution in [2.24, 2.45) is 0 Å². The summed E-state index contributed by atoms with van der Waals surface area (Å²) in [6, 6.07) is 6.52. The molecule has 0 saturated carbocycles. The van der Waals surface area contributed by atoms with Gasteiger partial charge in [0.2, 0.25) is 5.88 Å². The number of nitriles is 1. The molecule has 8 heteroatoms. The van der Waals surface area contributed by atoms with E-state index in [1.807, 2.05) is 11.0 Å². The summed E-state index contributed by atoms with van der Waals surface area (Å²) in [6.07, 6.45) is 1.38. The molecule has 1 aliphatic heterocycles. The highest BCUT2D eigenvalue weighted by Crippen LogP contribution is 2.24. The first kappa shape index (κ1) is 16.9. The smallest absolute Gasteiger partial charge is 0.222 e. The molecule has 1 aliphatic rings. The summed E-state index contributed by atoms with van der Waals surface area (Å²) in [5, 5.41) is 8.84. The molecule has 3 rings (SSSR count).